The van der Waals surface area contributed by atoms with Crippen LogP contribution in [0.1, 0.15) is 53.1 Å². The first-order valence-electron chi connectivity index (χ1n) is 7.59. The van der Waals surface area contributed by atoms with Crippen molar-refractivity contribution in [3.05, 3.63) is 52.8 Å². The van der Waals surface area contributed by atoms with E-state index in [-0.39, 0.29) is 17.7 Å². The molecule has 1 aromatic carbocycles. The number of nitrogens with one attached hydrogen (secondary N) is 2. The van der Waals surface area contributed by atoms with Crippen LogP contribution in [-0.2, 0) is 0 Å². The van der Waals surface area contributed by atoms with Gasteiger partial charge in [-0.15, -0.1) is 0 Å². The van der Waals surface area contributed by atoms with Crippen LogP contribution >= 0.6 is 0 Å². The van der Waals surface area contributed by atoms with Crippen LogP contribution in [0, 0.1) is 0 Å². The van der Waals surface area contributed by atoms with Crippen LogP contribution in [0.25, 0.3) is 0 Å². The lowest BCUT2D eigenvalue weighted by molar-refractivity contribution is -0.456. The van der Waals surface area contributed by atoms with E-state index in [0.29, 0.717) is 29.1 Å². The summed E-state index contributed by atoms with van der Waals surface area (Å²) in [4.78, 5) is 19.0. The van der Waals surface area contributed by atoms with E-state index in [9.17, 15) is 4.79 Å². The van der Waals surface area contributed by atoms with Gasteiger partial charge in [-0.3, -0.25) is 15.5 Å². The predicted molar refractivity (Wildman–Crippen MR) is 92.2 cm³/mol. The minimum atomic E-state index is -0.373. The summed E-state index contributed by atoms with van der Waals surface area (Å²) >= 11 is 0. The molecule has 1 heterocycles. The molecule has 0 aliphatic heterocycles. The van der Waals surface area contributed by atoms with Gasteiger partial charge >= 0.3 is 0 Å². The summed E-state index contributed by atoms with van der Waals surface area (Å²) in [6, 6.07) is 8.44. The summed E-state index contributed by atoms with van der Waals surface area (Å²) in [6.45, 7) is 4.55. The van der Waals surface area contributed by atoms with E-state index in [1.165, 1.54) is 6.34 Å². The fourth-order valence-electron chi connectivity index (χ4n) is 2.42. The van der Waals surface area contributed by atoms with Gasteiger partial charge in [0.15, 0.2) is 5.78 Å². The van der Waals surface area contributed by atoms with Gasteiger partial charge in [0.2, 0.25) is 6.34 Å². The van der Waals surface area contributed by atoms with Crippen LogP contribution in [0.5, 0.6) is 0 Å². The second-order valence-electron chi connectivity index (χ2n) is 5.84. The molecule has 0 aliphatic rings. The fraction of sp³-hybridized carbons (Fsp3) is 0.294. The highest BCUT2D eigenvalue weighted by molar-refractivity contribution is 6.10. The number of hydrogen-bond donors (Lipinski definition) is 5. The largest absolute Gasteiger partial charge is 0.399 e. The van der Waals surface area contributed by atoms with Crippen molar-refractivity contribution in [1.82, 2.24) is 4.98 Å². The first-order chi connectivity index (χ1) is 10.9. The maximum Gasteiger partial charge on any atom is 0.227 e. The Kier molecular flexibility index (Phi) is 5.18. The van der Waals surface area contributed by atoms with Crippen molar-refractivity contribution >= 4 is 17.8 Å². The first kappa shape index (κ1) is 16.8. The van der Waals surface area contributed by atoms with Crippen LogP contribution < -0.4 is 22.2 Å². The minimum absolute atomic E-state index is 0.0948. The van der Waals surface area contributed by atoms with Crippen LogP contribution in [0.3, 0.4) is 0 Å². The highest BCUT2D eigenvalue weighted by Gasteiger charge is 2.22. The molecular weight excluding hydrogens is 290 g/mol. The molecule has 0 fully saturated rings. The zero-order valence-corrected chi connectivity index (χ0v) is 13.5. The number of rotatable bonds is 6. The van der Waals surface area contributed by atoms with Gasteiger partial charge in [-0.1, -0.05) is 26.0 Å². The van der Waals surface area contributed by atoms with Gasteiger partial charge < -0.3 is 16.5 Å². The number of nitrogens with two attached hydrogens (primary N) is 3. The highest BCUT2D eigenvalue weighted by atomic mass is 16.1. The van der Waals surface area contributed by atoms with Crippen molar-refractivity contribution in [2.75, 3.05) is 12.3 Å². The molecule has 8 N–H and O–H groups in total. The van der Waals surface area contributed by atoms with Gasteiger partial charge in [0.1, 0.15) is 6.54 Å². The van der Waals surface area contributed by atoms with E-state index >= 15 is 0 Å². The SMILES string of the molecule is CC(C)c1cc(C(=O)c2cccc(N)c2)c(C(N)C[NH+]=CN)[nH]1. The molecule has 0 bridgehead atoms. The lowest BCUT2D eigenvalue weighted by atomic mass is 9.99. The number of nitrogen functional groups attached to an aromatic ring is 1. The molecule has 23 heavy (non-hydrogen) atoms. The van der Waals surface area contributed by atoms with Gasteiger partial charge in [0.05, 0.1) is 6.04 Å². The Morgan fingerprint density at radius 3 is 2.70 bits per heavy atom. The smallest absolute Gasteiger partial charge is 0.227 e. The normalized spacial score (nSPS) is 12.9. The number of aromatic amines is 1. The average molecular weight is 314 g/mol. The first-order valence-corrected chi connectivity index (χ1v) is 7.59. The molecular formula is C17H24N5O+. The van der Waals surface area contributed by atoms with E-state index in [1.807, 2.05) is 6.07 Å². The Bertz CT molecular complexity index is 718. The molecule has 1 atom stereocenters. The molecule has 0 radical (unpaired) electrons. The number of H-pyrrole nitrogens is 1. The lowest BCUT2D eigenvalue weighted by Crippen LogP contribution is -2.73. The lowest BCUT2D eigenvalue weighted by Gasteiger charge is -2.09. The number of aromatic nitrogens is 1. The number of carbonyl (C=O) groups is 1. The minimum Gasteiger partial charge on any atom is -0.399 e. The Balaban J connectivity index is 2.45. The molecule has 2 aromatic rings. The van der Waals surface area contributed by atoms with Crippen LogP contribution in [0.15, 0.2) is 30.3 Å². The Morgan fingerprint density at radius 1 is 1.35 bits per heavy atom. The van der Waals surface area contributed by atoms with E-state index in [1.54, 1.807) is 24.3 Å². The second-order valence-corrected chi connectivity index (χ2v) is 5.84. The number of anilines is 1. The zero-order valence-electron chi connectivity index (χ0n) is 13.5. The van der Waals surface area contributed by atoms with E-state index in [0.717, 1.165) is 5.69 Å². The average Bonchev–Trinajstić information content (AvgIpc) is 2.97. The molecule has 1 unspecified atom stereocenters. The van der Waals surface area contributed by atoms with Crippen LogP contribution in [0.4, 0.5) is 5.69 Å². The maximum absolute atomic E-state index is 12.8. The standard InChI is InChI=1S/C17H23N5O/c1-10(2)15-7-13(16(22-15)14(20)8-21-9-18)17(23)11-4-3-5-12(19)6-11/h3-7,9-10,14,22H,8,19-20H2,1-2H3,(H2,18,21)/p+1. The zero-order chi connectivity index (χ0) is 17.0. The van der Waals surface area contributed by atoms with Crippen molar-refractivity contribution in [1.29, 1.82) is 0 Å². The Labute approximate surface area is 135 Å². The monoisotopic (exact) mass is 314 g/mol. The topological polar surface area (TPSA) is 125 Å². The van der Waals surface area contributed by atoms with E-state index in [2.05, 4.69) is 23.8 Å². The predicted octanol–water partition coefficient (Wildman–Crippen LogP) is 0.0187. The summed E-state index contributed by atoms with van der Waals surface area (Å²) in [5, 5.41) is 0. The van der Waals surface area contributed by atoms with Crippen molar-refractivity contribution in [2.24, 2.45) is 11.5 Å². The van der Waals surface area contributed by atoms with Gasteiger partial charge in [-0.2, -0.15) is 0 Å². The van der Waals surface area contributed by atoms with Crippen molar-refractivity contribution in [3.63, 3.8) is 0 Å². The molecule has 6 heteroatoms. The molecule has 1 aromatic heterocycles. The van der Waals surface area contributed by atoms with Crippen LogP contribution in [-0.4, -0.2) is 23.7 Å². The summed E-state index contributed by atoms with van der Waals surface area (Å²) < 4.78 is 0. The third-order valence-corrected chi connectivity index (χ3v) is 3.71. The second kappa shape index (κ2) is 7.11. The highest BCUT2D eigenvalue weighted by Crippen LogP contribution is 2.24. The third kappa shape index (κ3) is 3.78. The molecule has 0 aliphatic carbocycles. The summed E-state index contributed by atoms with van der Waals surface area (Å²) in [5.74, 6) is 0.167. The van der Waals surface area contributed by atoms with Crippen molar-refractivity contribution in [2.45, 2.75) is 25.8 Å². The Morgan fingerprint density at radius 2 is 2.09 bits per heavy atom. The van der Waals surface area contributed by atoms with E-state index < -0.39 is 0 Å². The Hall–Kier alpha value is -2.60. The summed E-state index contributed by atoms with van der Waals surface area (Å²) in [6.07, 6.45) is 1.34. The molecule has 0 saturated heterocycles. The number of carbonyl (C=O) groups excluding carboxylic acids is 1. The maximum atomic E-state index is 12.8. The number of ketones is 1. The summed E-state index contributed by atoms with van der Waals surface area (Å²) in [7, 11) is 0. The van der Waals surface area contributed by atoms with Gasteiger partial charge in [-0.25, -0.2) is 0 Å². The van der Waals surface area contributed by atoms with Gasteiger partial charge in [-0.05, 0) is 24.1 Å². The molecule has 6 nitrogen and oxygen atoms in total. The fourth-order valence-corrected chi connectivity index (χ4v) is 2.42. The molecule has 122 valence electrons. The van der Waals surface area contributed by atoms with Crippen molar-refractivity contribution < 1.29 is 9.79 Å². The molecule has 0 amide bonds. The van der Waals surface area contributed by atoms with E-state index in [4.69, 9.17) is 17.2 Å². The van der Waals surface area contributed by atoms with Gasteiger partial charge in [0, 0.05) is 28.2 Å². The molecule has 2 rings (SSSR count). The van der Waals surface area contributed by atoms with Crippen LogP contribution in [0.2, 0.25) is 0 Å². The number of benzene rings is 1. The third-order valence-electron chi connectivity index (χ3n) is 3.71. The summed E-state index contributed by atoms with van der Waals surface area (Å²) in [5.41, 5.74) is 20.7. The number of hydrogen-bond acceptors (Lipinski definition) is 3. The molecule has 0 saturated carbocycles. The quantitative estimate of drug-likeness (QED) is 0.223. The van der Waals surface area contributed by atoms with Gasteiger partial charge in [0.25, 0.3) is 0 Å². The molecule has 0 spiro atoms. The van der Waals surface area contributed by atoms with Crippen molar-refractivity contribution in [3.8, 4) is 0 Å².